The Morgan fingerprint density at radius 2 is 1.72 bits per heavy atom. The van der Waals surface area contributed by atoms with E-state index < -0.39 is 0 Å². The number of hydrogen-bond donors (Lipinski definition) is 1. The monoisotopic (exact) mass is 431 g/mol. The van der Waals surface area contributed by atoms with Crippen molar-refractivity contribution in [2.45, 2.75) is 33.2 Å². The maximum absolute atomic E-state index is 13.3. The molecule has 0 aliphatic carbocycles. The Kier molecular flexibility index (Phi) is 6.21. The van der Waals surface area contributed by atoms with Gasteiger partial charge in [-0.2, -0.15) is 0 Å². The van der Waals surface area contributed by atoms with Crippen LogP contribution < -0.4 is 10.1 Å². The molecule has 1 N–H and O–H groups in total. The van der Waals surface area contributed by atoms with E-state index in [2.05, 4.69) is 35.9 Å². The summed E-state index contributed by atoms with van der Waals surface area (Å²) in [7, 11) is 1.61. The summed E-state index contributed by atoms with van der Waals surface area (Å²) in [5, 5.41) is 2.93. The Hall–Kier alpha value is -3.67. The number of halogens is 1. The van der Waals surface area contributed by atoms with Crippen LogP contribution in [0.25, 0.3) is 11.0 Å². The van der Waals surface area contributed by atoms with Crippen LogP contribution in [0.15, 0.2) is 60.7 Å². The molecule has 4 aromatic rings. The zero-order valence-corrected chi connectivity index (χ0v) is 18.5. The second-order valence-corrected chi connectivity index (χ2v) is 7.93. The van der Waals surface area contributed by atoms with Crippen LogP contribution in [0.2, 0.25) is 0 Å². The molecule has 0 bridgehead atoms. The first-order valence-electron chi connectivity index (χ1n) is 10.6. The third-order valence-corrected chi connectivity index (χ3v) is 5.65. The van der Waals surface area contributed by atoms with Crippen molar-refractivity contribution in [1.29, 1.82) is 0 Å². The van der Waals surface area contributed by atoms with Crippen molar-refractivity contribution in [2.24, 2.45) is 0 Å². The number of rotatable bonds is 7. The number of carbonyl (C=O) groups excluding carboxylic acids is 1. The molecule has 0 unspecified atom stereocenters. The van der Waals surface area contributed by atoms with E-state index >= 15 is 0 Å². The zero-order valence-electron chi connectivity index (χ0n) is 18.5. The summed E-state index contributed by atoms with van der Waals surface area (Å²) in [4.78, 5) is 17.4. The van der Waals surface area contributed by atoms with E-state index in [1.54, 1.807) is 19.2 Å². The number of carbonyl (C=O) groups is 1. The average Bonchev–Trinajstić information content (AvgIpc) is 3.10. The summed E-state index contributed by atoms with van der Waals surface area (Å²) in [5.41, 5.74) is 5.95. The van der Waals surface area contributed by atoms with Crippen LogP contribution in [0, 0.1) is 19.7 Å². The van der Waals surface area contributed by atoms with Gasteiger partial charge in [0, 0.05) is 25.1 Å². The standard InChI is InChI=1S/C26H26FN3O2/c1-17-14-23-24(15-18(17)2)30(25(29-23)16-19-4-6-20(27)7-5-19)13-12-26(31)28-21-8-10-22(32-3)11-9-21/h4-11,14-15H,12-13,16H2,1-3H3,(H,28,31). The van der Waals surface area contributed by atoms with Crippen molar-refractivity contribution in [2.75, 3.05) is 12.4 Å². The zero-order chi connectivity index (χ0) is 22.7. The number of amides is 1. The van der Waals surface area contributed by atoms with E-state index in [1.165, 1.54) is 23.3 Å². The third-order valence-electron chi connectivity index (χ3n) is 5.65. The number of fused-ring (bicyclic) bond motifs is 1. The number of aryl methyl sites for hydroxylation is 3. The smallest absolute Gasteiger partial charge is 0.226 e. The SMILES string of the molecule is COc1ccc(NC(=O)CCn2c(Cc3ccc(F)cc3)nc3cc(C)c(C)cc32)cc1. The predicted molar refractivity (Wildman–Crippen MR) is 125 cm³/mol. The summed E-state index contributed by atoms with van der Waals surface area (Å²) in [6.45, 7) is 4.63. The fourth-order valence-corrected chi connectivity index (χ4v) is 3.71. The molecule has 0 aliphatic heterocycles. The number of hydrogen-bond acceptors (Lipinski definition) is 3. The molecule has 1 heterocycles. The van der Waals surface area contributed by atoms with Crippen LogP contribution in [0.1, 0.15) is 28.9 Å². The molecule has 1 amide bonds. The largest absolute Gasteiger partial charge is 0.497 e. The Morgan fingerprint density at radius 3 is 2.41 bits per heavy atom. The number of nitrogens with zero attached hydrogens (tertiary/aromatic N) is 2. The molecule has 4 rings (SSSR count). The first-order valence-corrected chi connectivity index (χ1v) is 10.6. The maximum atomic E-state index is 13.3. The van der Waals surface area contributed by atoms with Gasteiger partial charge in [-0.1, -0.05) is 12.1 Å². The normalized spacial score (nSPS) is 11.0. The van der Waals surface area contributed by atoms with Gasteiger partial charge in [-0.25, -0.2) is 9.37 Å². The number of nitrogens with one attached hydrogen (secondary N) is 1. The van der Waals surface area contributed by atoms with Crippen molar-refractivity contribution in [3.63, 3.8) is 0 Å². The van der Waals surface area contributed by atoms with Crippen LogP contribution in [0.3, 0.4) is 0 Å². The molecule has 6 heteroatoms. The van der Waals surface area contributed by atoms with Crippen molar-refractivity contribution >= 4 is 22.6 Å². The second-order valence-electron chi connectivity index (χ2n) is 7.93. The van der Waals surface area contributed by atoms with E-state index in [1.807, 2.05) is 24.3 Å². The van der Waals surface area contributed by atoms with Crippen molar-refractivity contribution in [3.05, 3.63) is 89.0 Å². The number of aromatic nitrogens is 2. The Balaban J connectivity index is 1.56. The maximum Gasteiger partial charge on any atom is 0.226 e. The van der Waals surface area contributed by atoms with Crippen LogP contribution >= 0.6 is 0 Å². The fourth-order valence-electron chi connectivity index (χ4n) is 3.71. The summed E-state index contributed by atoms with van der Waals surface area (Å²) in [5.74, 6) is 1.26. The van der Waals surface area contributed by atoms with Gasteiger partial charge in [-0.15, -0.1) is 0 Å². The number of ether oxygens (including phenoxy) is 1. The van der Waals surface area contributed by atoms with Gasteiger partial charge >= 0.3 is 0 Å². The first kappa shape index (κ1) is 21.6. The molecule has 0 saturated carbocycles. The molecule has 32 heavy (non-hydrogen) atoms. The van der Waals surface area contributed by atoms with Gasteiger partial charge in [0.2, 0.25) is 5.91 Å². The van der Waals surface area contributed by atoms with Crippen molar-refractivity contribution in [3.8, 4) is 5.75 Å². The van der Waals surface area contributed by atoms with E-state index in [-0.39, 0.29) is 11.7 Å². The Labute approximate surface area is 186 Å². The van der Waals surface area contributed by atoms with Crippen molar-refractivity contribution in [1.82, 2.24) is 9.55 Å². The molecule has 0 spiro atoms. The van der Waals surface area contributed by atoms with Gasteiger partial charge in [0.25, 0.3) is 0 Å². The molecule has 164 valence electrons. The molecule has 3 aromatic carbocycles. The molecular formula is C26H26FN3O2. The highest BCUT2D eigenvalue weighted by Gasteiger charge is 2.14. The average molecular weight is 432 g/mol. The van der Waals surface area contributed by atoms with Crippen LogP contribution in [0.5, 0.6) is 5.75 Å². The Bertz CT molecular complexity index is 1250. The molecular weight excluding hydrogens is 405 g/mol. The summed E-state index contributed by atoms with van der Waals surface area (Å²) in [6.07, 6.45) is 0.869. The lowest BCUT2D eigenvalue weighted by Gasteiger charge is -2.11. The molecule has 5 nitrogen and oxygen atoms in total. The predicted octanol–water partition coefficient (Wildman–Crippen LogP) is 5.42. The highest BCUT2D eigenvalue weighted by Crippen LogP contribution is 2.23. The number of benzene rings is 3. The Morgan fingerprint density at radius 1 is 1.03 bits per heavy atom. The minimum Gasteiger partial charge on any atom is -0.497 e. The number of anilines is 1. The lowest BCUT2D eigenvalue weighted by atomic mass is 10.1. The van der Waals surface area contributed by atoms with E-state index in [4.69, 9.17) is 9.72 Å². The van der Waals surface area contributed by atoms with E-state index in [0.29, 0.717) is 19.4 Å². The van der Waals surface area contributed by atoms with Gasteiger partial charge < -0.3 is 14.6 Å². The van der Waals surface area contributed by atoms with Crippen molar-refractivity contribution < 1.29 is 13.9 Å². The third kappa shape index (κ3) is 4.80. The fraction of sp³-hybridized carbons (Fsp3) is 0.231. The van der Waals surface area contributed by atoms with Gasteiger partial charge in [-0.05, 0) is 79.1 Å². The van der Waals surface area contributed by atoms with Crippen LogP contribution in [-0.2, 0) is 17.8 Å². The number of methoxy groups -OCH3 is 1. The topological polar surface area (TPSA) is 56.1 Å². The summed E-state index contributed by atoms with van der Waals surface area (Å²) in [6, 6.07) is 17.9. The molecule has 0 fully saturated rings. The van der Waals surface area contributed by atoms with Gasteiger partial charge in [0.05, 0.1) is 18.1 Å². The molecule has 1 aromatic heterocycles. The molecule has 0 saturated heterocycles. The number of imidazole rings is 1. The van der Waals surface area contributed by atoms with Gasteiger partial charge in [0.15, 0.2) is 0 Å². The van der Waals surface area contributed by atoms with Crippen LogP contribution in [-0.4, -0.2) is 22.6 Å². The van der Waals surface area contributed by atoms with Crippen LogP contribution in [0.4, 0.5) is 10.1 Å². The quantitative estimate of drug-likeness (QED) is 0.425. The lowest BCUT2D eigenvalue weighted by molar-refractivity contribution is -0.116. The minimum absolute atomic E-state index is 0.0754. The molecule has 0 radical (unpaired) electrons. The summed E-state index contributed by atoms with van der Waals surface area (Å²) < 4.78 is 20.6. The summed E-state index contributed by atoms with van der Waals surface area (Å²) >= 11 is 0. The molecule has 0 aliphatic rings. The van der Waals surface area contributed by atoms with E-state index in [0.717, 1.165) is 33.9 Å². The highest BCUT2D eigenvalue weighted by molar-refractivity contribution is 5.90. The molecule has 0 atom stereocenters. The first-order chi connectivity index (χ1) is 15.4. The van der Waals surface area contributed by atoms with E-state index in [9.17, 15) is 9.18 Å². The van der Waals surface area contributed by atoms with Gasteiger partial charge in [-0.3, -0.25) is 4.79 Å². The highest BCUT2D eigenvalue weighted by atomic mass is 19.1. The minimum atomic E-state index is -0.260. The second kappa shape index (κ2) is 9.22. The van der Waals surface area contributed by atoms with Gasteiger partial charge in [0.1, 0.15) is 17.4 Å². The lowest BCUT2D eigenvalue weighted by Crippen LogP contribution is -2.15.